The number of hydrogen-bond acceptors (Lipinski definition) is 6. The van der Waals surface area contributed by atoms with Gasteiger partial charge in [-0.05, 0) is 45.2 Å². The van der Waals surface area contributed by atoms with Gasteiger partial charge in [-0.3, -0.25) is 9.47 Å². The van der Waals surface area contributed by atoms with Crippen molar-refractivity contribution in [1.82, 2.24) is 14.5 Å². The molecule has 33 heavy (non-hydrogen) atoms. The third-order valence-corrected chi connectivity index (χ3v) is 6.01. The van der Waals surface area contributed by atoms with Crippen LogP contribution in [0.2, 0.25) is 0 Å². The standard InChI is InChI=1S/C24H27N5O4/c1-24(2,3)29(22(30)31)18-9-6-12-27(15-18)21-20-19(10-11-26-21)33-23(32)28(20)14-17-8-5-4-7-16(17)13-25/h4-5,7-8,10-11,18H,6,9,12,14-15H2,1-3H3,(H,30,31)/t18-/m1/s1. The number of carbonyl (C=O) groups is 1. The number of carboxylic acid groups (broad SMARTS) is 1. The minimum absolute atomic E-state index is 0.175. The number of hydrogen-bond donors (Lipinski definition) is 1. The van der Waals surface area contributed by atoms with Gasteiger partial charge in [0.05, 0.1) is 24.2 Å². The zero-order valence-corrected chi connectivity index (χ0v) is 19.0. The summed E-state index contributed by atoms with van der Waals surface area (Å²) in [7, 11) is 0. The number of pyridine rings is 1. The van der Waals surface area contributed by atoms with E-state index in [4.69, 9.17) is 4.42 Å². The minimum atomic E-state index is -0.950. The molecule has 1 atom stereocenters. The Kier molecular flexibility index (Phi) is 5.85. The first-order chi connectivity index (χ1) is 15.7. The summed E-state index contributed by atoms with van der Waals surface area (Å²) in [6.07, 6.45) is 2.19. The van der Waals surface area contributed by atoms with Crippen LogP contribution in [0.25, 0.3) is 11.1 Å². The molecule has 172 valence electrons. The maximum atomic E-state index is 12.8. The SMILES string of the molecule is CC(C)(C)N(C(=O)O)[C@@H]1CCCN(c2nccc3oc(=O)n(Cc4ccccc4C#N)c23)C1. The molecule has 1 fully saturated rings. The molecule has 1 aliphatic heterocycles. The van der Waals surface area contributed by atoms with E-state index in [-0.39, 0.29) is 12.6 Å². The molecule has 1 saturated heterocycles. The number of fused-ring (bicyclic) bond motifs is 1. The van der Waals surface area contributed by atoms with E-state index in [0.29, 0.717) is 41.1 Å². The summed E-state index contributed by atoms with van der Waals surface area (Å²) < 4.78 is 6.99. The summed E-state index contributed by atoms with van der Waals surface area (Å²) in [6, 6.07) is 10.7. The minimum Gasteiger partial charge on any atom is -0.465 e. The zero-order valence-electron chi connectivity index (χ0n) is 19.0. The van der Waals surface area contributed by atoms with Crippen molar-refractivity contribution in [2.45, 2.75) is 51.7 Å². The molecule has 9 nitrogen and oxygen atoms in total. The van der Waals surface area contributed by atoms with Crippen molar-refractivity contribution in [2.24, 2.45) is 0 Å². The van der Waals surface area contributed by atoms with Gasteiger partial charge in [-0.2, -0.15) is 5.26 Å². The fraction of sp³-hybridized carbons (Fsp3) is 0.417. The van der Waals surface area contributed by atoms with Crippen LogP contribution in [0.5, 0.6) is 0 Å². The molecule has 0 bridgehead atoms. The molecule has 0 unspecified atom stereocenters. The number of piperidine rings is 1. The van der Waals surface area contributed by atoms with Gasteiger partial charge in [-0.25, -0.2) is 14.6 Å². The van der Waals surface area contributed by atoms with Crippen LogP contribution in [0.15, 0.2) is 45.7 Å². The first-order valence-electron chi connectivity index (χ1n) is 10.9. The van der Waals surface area contributed by atoms with Crippen LogP contribution in [0.3, 0.4) is 0 Å². The smallest absolute Gasteiger partial charge is 0.420 e. The second-order valence-electron chi connectivity index (χ2n) is 9.27. The van der Waals surface area contributed by atoms with E-state index in [2.05, 4.69) is 11.1 Å². The Morgan fingerprint density at radius 2 is 2.09 bits per heavy atom. The number of rotatable bonds is 4. The summed E-state index contributed by atoms with van der Waals surface area (Å²) in [5.74, 6) is 0.0548. The summed E-state index contributed by atoms with van der Waals surface area (Å²) in [5, 5.41) is 19.3. The van der Waals surface area contributed by atoms with Crippen molar-refractivity contribution < 1.29 is 14.3 Å². The summed E-state index contributed by atoms with van der Waals surface area (Å²) in [5.41, 5.74) is 1.61. The van der Waals surface area contributed by atoms with Gasteiger partial charge < -0.3 is 14.4 Å². The molecule has 0 radical (unpaired) electrons. The number of oxazole rings is 1. The average molecular weight is 450 g/mol. The maximum Gasteiger partial charge on any atom is 0.420 e. The van der Waals surface area contributed by atoms with Crippen molar-refractivity contribution in [1.29, 1.82) is 5.26 Å². The van der Waals surface area contributed by atoms with Crippen LogP contribution in [-0.4, -0.2) is 50.3 Å². The van der Waals surface area contributed by atoms with Crippen molar-refractivity contribution >= 4 is 23.0 Å². The molecule has 1 amide bonds. The second-order valence-corrected chi connectivity index (χ2v) is 9.27. The molecule has 1 aliphatic rings. The van der Waals surface area contributed by atoms with Crippen molar-refractivity contribution in [2.75, 3.05) is 18.0 Å². The number of aromatic nitrogens is 2. The van der Waals surface area contributed by atoms with Crippen LogP contribution >= 0.6 is 0 Å². The molecule has 3 aromatic rings. The Morgan fingerprint density at radius 3 is 2.79 bits per heavy atom. The van der Waals surface area contributed by atoms with E-state index in [1.807, 2.05) is 37.8 Å². The Labute approximate surface area is 191 Å². The zero-order chi connectivity index (χ0) is 23.8. The molecule has 0 aliphatic carbocycles. The Hall–Kier alpha value is -3.80. The fourth-order valence-electron chi connectivity index (χ4n) is 4.66. The highest BCUT2D eigenvalue weighted by Gasteiger charge is 2.36. The van der Waals surface area contributed by atoms with Gasteiger partial charge in [0.1, 0.15) is 5.52 Å². The number of benzene rings is 1. The molecule has 0 saturated carbocycles. The van der Waals surface area contributed by atoms with Crippen LogP contribution in [0, 0.1) is 11.3 Å². The van der Waals surface area contributed by atoms with E-state index >= 15 is 0 Å². The largest absolute Gasteiger partial charge is 0.465 e. The topological polar surface area (TPSA) is 116 Å². The van der Waals surface area contributed by atoms with Gasteiger partial charge in [0.15, 0.2) is 11.4 Å². The Balaban J connectivity index is 1.75. The number of nitrogens with zero attached hydrogens (tertiary/aromatic N) is 5. The molecule has 1 aromatic carbocycles. The third-order valence-electron chi connectivity index (χ3n) is 6.01. The van der Waals surface area contributed by atoms with Gasteiger partial charge in [0.2, 0.25) is 0 Å². The average Bonchev–Trinajstić information content (AvgIpc) is 3.08. The van der Waals surface area contributed by atoms with Crippen LogP contribution < -0.4 is 10.7 Å². The molecule has 9 heteroatoms. The molecule has 1 N–H and O–H groups in total. The highest BCUT2D eigenvalue weighted by atomic mass is 16.4. The highest BCUT2D eigenvalue weighted by Crippen LogP contribution is 2.30. The van der Waals surface area contributed by atoms with E-state index in [1.54, 1.807) is 24.4 Å². The molecular weight excluding hydrogens is 422 g/mol. The van der Waals surface area contributed by atoms with Gasteiger partial charge in [-0.15, -0.1) is 0 Å². The predicted molar refractivity (Wildman–Crippen MR) is 123 cm³/mol. The van der Waals surface area contributed by atoms with Gasteiger partial charge >= 0.3 is 11.8 Å². The first kappa shape index (κ1) is 22.4. The van der Waals surface area contributed by atoms with Crippen molar-refractivity contribution in [3.63, 3.8) is 0 Å². The lowest BCUT2D eigenvalue weighted by molar-refractivity contribution is 0.0648. The number of amides is 1. The van der Waals surface area contributed by atoms with E-state index in [0.717, 1.165) is 12.8 Å². The third kappa shape index (κ3) is 4.29. The van der Waals surface area contributed by atoms with Gasteiger partial charge in [0, 0.05) is 30.9 Å². The van der Waals surface area contributed by atoms with E-state index < -0.39 is 17.4 Å². The van der Waals surface area contributed by atoms with Crippen molar-refractivity contribution in [3.05, 3.63) is 58.2 Å². The van der Waals surface area contributed by atoms with E-state index in [1.165, 1.54) is 9.47 Å². The van der Waals surface area contributed by atoms with Crippen molar-refractivity contribution in [3.8, 4) is 6.07 Å². The Bertz CT molecular complexity index is 1280. The number of nitriles is 1. The van der Waals surface area contributed by atoms with Gasteiger partial charge in [-0.1, -0.05) is 18.2 Å². The first-order valence-corrected chi connectivity index (χ1v) is 10.9. The lowest BCUT2D eigenvalue weighted by Crippen LogP contribution is -2.57. The van der Waals surface area contributed by atoms with Crippen LogP contribution in [0.4, 0.5) is 10.6 Å². The summed E-state index contributed by atoms with van der Waals surface area (Å²) >= 11 is 0. The normalized spacial score (nSPS) is 16.5. The maximum absolute atomic E-state index is 12.8. The van der Waals surface area contributed by atoms with Gasteiger partial charge in [0.25, 0.3) is 0 Å². The quantitative estimate of drug-likeness (QED) is 0.646. The molecule has 2 aromatic heterocycles. The Morgan fingerprint density at radius 1 is 1.33 bits per heavy atom. The molecule has 0 spiro atoms. The number of anilines is 1. The summed E-state index contributed by atoms with van der Waals surface area (Å²) in [6.45, 7) is 6.99. The molecular formula is C24H27N5O4. The van der Waals surface area contributed by atoms with Crippen LogP contribution in [0.1, 0.15) is 44.7 Å². The fourth-order valence-corrected chi connectivity index (χ4v) is 4.66. The lowest BCUT2D eigenvalue weighted by Gasteiger charge is -2.44. The highest BCUT2D eigenvalue weighted by molar-refractivity contribution is 5.85. The monoisotopic (exact) mass is 449 g/mol. The second kappa shape index (κ2) is 8.62. The van der Waals surface area contributed by atoms with E-state index in [9.17, 15) is 20.0 Å². The molecule has 4 rings (SSSR count). The summed E-state index contributed by atoms with van der Waals surface area (Å²) in [4.78, 5) is 32.9. The predicted octanol–water partition coefficient (Wildman–Crippen LogP) is 3.66. The van der Waals surface area contributed by atoms with Crippen LogP contribution in [-0.2, 0) is 6.54 Å². The lowest BCUT2D eigenvalue weighted by atomic mass is 9.97. The molecule has 3 heterocycles.